The van der Waals surface area contributed by atoms with Gasteiger partial charge in [0.25, 0.3) is 5.91 Å². The lowest BCUT2D eigenvalue weighted by atomic mass is 9.93. The molecule has 0 aliphatic carbocycles. The average Bonchev–Trinajstić information content (AvgIpc) is 2.94. The highest BCUT2D eigenvalue weighted by Crippen LogP contribution is 2.43. The van der Waals surface area contributed by atoms with Crippen molar-refractivity contribution in [3.05, 3.63) is 86.7 Å². The number of alkyl halides is 3. The number of carbonyl (C=O) groups excluding carboxylic acids is 2. The summed E-state index contributed by atoms with van der Waals surface area (Å²) >= 11 is 12.2. The molecule has 0 saturated carbocycles. The maximum Gasteiger partial charge on any atom is 0.424 e. The number of primary amides is 1. The molecule has 1 atom stereocenters. The Morgan fingerprint density at radius 3 is 2.45 bits per heavy atom. The molecule has 0 bridgehead atoms. The van der Waals surface area contributed by atoms with Gasteiger partial charge in [-0.25, -0.2) is 13.8 Å². The number of fused-ring (bicyclic) bond motifs is 1. The highest BCUT2D eigenvalue weighted by molar-refractivity contribution is 6.35. The second-order valence-electron chi connectivity index (χ2n) is 9.73. The Morgan fingerprint density at radius 1 is 1.11 bits per heavy atom. The first-order valence-electron chi connectivity index (χ1n) is 12.8. The van der Waals surface area contributed by atoms with E-state index in [0.29, 0.717) is 17.0 Å². The quantitative estimate of drug-likeness (QED) is 0.154. The first-order chi connectivity index (χ1) is 20.6. The van der Waals surface area contributed by atoms with Crippen molar-refractivity contribution in [1.29, 1.82) is 0 Å². The summed E-state index contributed by atoms with van der Waals surface area (Å²) in [5.74, 6) is -5.18. The molecule has 44 heavy (non-hydrogen) atoms. The van der Waals surface area contributed by atoms with Gasteiger partial charge >= 0.3 is 6.18 Å². The van der Waals surface area contributed by atoms with Crippen molar-refractivity contribution >= 4 is 45.9 Å². The van der Waals surface area contributed by atoms with E-state index in [-0.39, 0.29) is 28.5 Å². The molecule has 0 spiro atoms. The summed E-state index contributed by atoms with van der Waals surface area (Å²) < 4.78 is 77.6. The van der Waals surface area contributed by atoms with Gasteiger partial charge in [-0.15, -0.1) is 0 Å². The van der Waals surface area contributed by atoms with Crippen molar-refractivity contribution in [1.82, 2.24) is 15.3 Å². The Morgan fingerprint density at radius 2 is 1.82 bits per heavy atom. The molecule has 4 N–H and O–H groups in total. The van der Waals surface area contributed by atoms with Gasteiger partial charge < -0.3 is 20.9 Å². The van der Waals surface area contributed by atoms with Crippen LogP contribution in [0, 0.1) is 18.6 Å². The number of aliphatic hydroxyl groups is 1. The van der Waals surface area contributed by atoms with Gasteiger partial charge in [-0.1, -0.05) is 23.2 Å². The van der Waals surface area contributed by atoms with Crippen molar-refractivity contribution in [2.75, 3.05) is 13.2 Å². The summed E-state index contributed by atoms with van der Waals surface area (Å²) in [5, 5.41) is 12.9. The highest BCUT2D eigenvalue weighted by atomic mass is 35.5. The monoisotopic (exact) mass is 656 g/mol. The SMILES string of the molecule is CCOc1c(CC(N)=O)cc([C@@](O)(CNC(=O)c2cc(Cl)c3ncc(C)cc3c2)C(F)(F)F)nc1-c1ccc(F)c(F)c1Cl. The van der Waals surface area contributed by atoms with Crippen LogP contribution in [0.25, 0.3) is 22.2 Å². The number of halogens is 7. The number of amides is 2. The fourth-order valence-corrected chi connectivity index (χ4v) is 4.92. The number of aromatic nitrogens is 2. The van der Waals surface area contributed by atoms with E-state index in [9.17, 15) is 36.6 Å². The maximum absolute atomic E-state index is 14.6. The lowest BCUT2D eigenvalue weighted by Crippen LogP contribution is -2.51. The van der Waals surface area contributed by atoms with Crippen LogP contribution in [0.5, 0.6) is 5.75 Å². The standard InChI is InChI=1S/C29H23Cl2F5N4O4/c1-3-44-26-15(10-21(37)41)9-20(40-25(26)17-4-5-19(32)23(33)22(17)31)28(43,29(34,35)36)12-39-27(42)16-7-14-6-13(2)11-38-24(14)18(30)8-16/h4-9,11,43H,3,10,12H2,1-2H3,(H2,37,41)(H,39,42)/t28-/m0/s1. The average molecular weight is 657 g/mol. The summed E-state index contributed by atoms with van der Waals surface area (Å²) in [4.78, 5) is 33.0. The Kier molecular flexibility index (Phi) is 9.33. The predicted octanol–water partition coefficient (Wildman–Crippen LogP) is 5.80. The number of pyridine rings is 2. The fourth-order valence-electron chi connectivity index (χ4n) is 4.41. The summed E-state index contributed by atoms with van der Waals surface area (Å²) in [6, 6.07) is 6.58. The minimum absolute atomic E-state index is 0.0658. The minimum atomic E-state index is -5.47. The van der Waals surface area contributed by atoms with Crippen LogP contribution in [-0.4, -0.2) is 46.2 Å². The van der Waals surface area contributed by atoms with Crippen LogP contribution in [0.2, 0.25) is 10.0 Å². The van der Waals surface area contributed by atoms with Gasteiger partial charge in [-0.2, -0.15) is 13.2 Å². The third kappa shape index (κ3) is 6.40. The molecule has 0 saturated heterocycles. The smallest absolute Gasteiger partial charge is 0.424 e. The van der Waals surface area contributed by atoms with Crippen molar-refractivity contribution in [3.8, 4) is 17.0 Å². The van der Waals surface area contributed by atoms with Crippen LogP contribution >= 0.6 is 23.2 Å². The molecule has 15 heteroatoms. The van der Waals surface area contributed by atoms with Crippen molar-refractivity contribution in [2.24, 2.45) is 5.73 Å². The van der Waals surface area contributed by atoms with E-state index in [1.807, 2.05) is 0 Å². The highest BCUT2D eigenvalue weighted by Gasteiger charge is 2.57. The number of nitrogens with two attached hydrogens (primary N) is 1. The van der Waals surface area contributed by atoms with E-state index in [2.05, 4.69) is 15.3 Å². The number of rotatable bonds is 9. The molecule has 2 amide bonds. The van der Waals surface area contributed by atoms with Crippen LogP contribution in [0.15, 0.2) is 42.6 Å². The summed E-state index contributed by atoms with van der Waals surface area (Å²) in [6.45, 7) is 1.70. The summed E-state index contributed by atoms with van der Waals surface area (Å²) in [7, 11) is 0. The van der Waals surface area contributed by atoms with Crippen LogP contribution in [0.1, 0.15) is 34.1 Å². The second kappa shape index (κ2) is 12.5. The molecule has 4 rings (SSSR count). The van der Waals surface area contributed by atoms with E-state index in [0.717, 1.165) is 17.7 Å². The third-order valence-corrected chi connectivity index (χ3v) is 7.18. The normalized spacial score (nSPS) is 13.0. The van der Waals surface area contributed by atoms with Crippen LogP contribution in [0.3, 0.4) is 0 Å². The Hall–Kier alpha value is -4.07. The van der Waals surface area contributed by atoms with E-state index < -0.39 is 70.2 Å². The lowest BCUT2D eigenvalue weighted by molar-refractivity contribution is -0.265. The van der Waals surface area contributed by atoms with E-state index in [4.69, 9.17) is 33.7 Å². The zero-order chi connectivity index (χ0) is 32.6. The first kappa shape index (κ1) is 32.8. The molecule has 2 heterocycles. The zero-order valence-electron chi connectivity index (χ0n) is 23.0. The zero-order valence-corrected chi connectivity index (χ0v) is 24.5. The predicted molar refractivity (Wildman–Crippen MR) is 152 cm³/mol. The largest absolute Gasteiger partial charge is 0.491 e. The Bertz CT molecular complexity index is 1790. The molecule has 8 nitrogen and oxygen atoms in total. The molecule has 0 aliphatic heterocycles. The molecular weight excluding hydrogens is 634 g/mol. The number of ether oxygens (including phenoxy) is 1. The summed E-state index contributed by atoms with van der Waals surface area (Å²) in [6.07, 6.45) is -4.61. The van der Waals surface area contributed by atoms with E-state index >= 15 is 0 Å². The van der Waals surface area contributed by atoms with Gasteiger partial charge in [0.1, 0.15) is 11.4 Å². The van der Waals surface area contributed by atoms with Crippen molar-refractivity contribution < 1.29 is 41.4 Å². The first-order valence-corrected chi connectivity index (χ1v) is 13.6. The molecular formula is C29H23Cl2F5N4O4. The van der Waals surface area contributed by atoms with Gasteiger partial charge in [-0.3, -0.25) is 14.6 Å². The van der Waals surface area contributed by atoms with Gasteiger partial charge in [0, 0.05) is 28.3 Å². The molecule has 0 aliphatic rings. The lowest BCUT2D eigenvalue weighted by Gasteiger charge is -2.31. The van der Waals surface area contributed by atoms with Gasteiger partial charge in [0.2, 0.25) is 11.5 Å². The van der Waals surface area contributed by atoms with Gasteiger partial charge in [-0.05, 0) is 55.8 Å². The number of nitrogens with one attached hydrogen (secondary N) is 1. The van der Waals surface area contributed by atoms with Gasteiger partial charge in [0.05, 0.1) is 40.8 Å². The van der Waals surface area contributed by atoms with Crippen molar-refractivity contribution in [2.45, 2.75) is 32.0 Å². The van der Waals surface area contributed by atoms with Crippen LogP contribution < -0.4 is 15.8 Å². The second-order valence-corrected chi connectivity index (χ2v) is 10.5. The molecule has 0 radical (unpaired) electrons. The van der Waals surface area contributed by atoms with Gasteiger partial charge in [0.15, 0.2) is 11.6 Å². The molecule has 0 unspecified atom stereocenters. The van der Waals surface area contributed by atoms with Crippen LogP contribution in [-0.2, 0) is 16.8 Å². The molecule has 0 fully saturated rings. The number of hydrogen-bond donors (Lipinski definition) is 3. The Balaban J connectivity index is 1.85. The molecule has 4 aromatic rings. The topological polar surface area (TPSA) is 127 Å². The number of benzene rings is 2. The number of hydrogen-bond acceptors (Lipinski definition) is 6. The van der Waals surface area contributed by atoms with Crippen LogP contribution in [0.4, 0.5) is 22.0 Å². The third-order valence-electron chi connectivity index (χ3n) is 6.53. The van der Waals surface area contributed by atoms with E-state index in [1.165, 1.54) is 19.1 Å². The Labute approximate surface area is 257 Å². The maximum atomic E-state index is 14.6. The summed E-state index contributed by atoms with van der Waals surface area (Å²) in [5.41, 5.74) is 0.102. The fraction of sp³-hybridized carbons (Fsp3) is 0.241. The molecule has 2 aromatic carbocycles. The van der Waals surface area contributed by atoms with E-state index in [1.54, 1.807) is 19.2 Å². The molecule has 2 aromatic heterocycles. The number of carbonyl (C=O) groups is 2. The van der Waals surface area contributed by atoms with Crippen molar-refractivity contribution in [3.63, 3.8) is 0 Å². The minimum Gasteiger partial charge on any atom is -0.491 e. The molecule has 232 valence electrons. The number of aryl methyl sites for hydroxylation is 1. The number of nitrogens with zero attached hydrogens (tertiary/aromatic N) is 2.